The van der Waals surface area contributed by atoms with Gasteiger partial charge in [0.2, 0.25) is 0 Å². The van der Waals surface area contributed by atoms with Crippen molar-refractivity contribution in [3.8, 4) is 0 Å². The zero-order valence-electron chi connectivity index (χ0n) is 12.7. The summed E-state index contributed by atoms with van der Waals surface area (Å²) in [5.41, 5.74) is 0. The standard InChI is InChI=1S/C17H30N.ClH/c1-3-5-7-10-14-17(13-9-6-4-2)18-15-11-8-12-16-18;/h8,11-12,15-17H,3-7,9-10,13-14H2,1-2H3;1H/q+1;/p-1. The van der Waals surface area contributed by atoms with Gasteiger partial charge in [-0.2, -0.15) is 0 Å². The summed E-state index contributed by atoms with van der Waals surface area (Å²) >= 11 is 0. The summed E-state index contributed by atoms with van der Waals surface area (Å²) < 4.78 is 2.42. The Morgan fingerprint density at radius 2 is 1.26 bits per heavy atom. The van der Waals surface area contributed by atoms with Crippen molar-refractivity contribution in [2.75, 3.05) is 0 Å². The van der Waals surface area contributed by atoms with Crippen LogP contribution in [0.5, 0.6) is 0 Å². The predicted molar refractivity (Wildman–Crippen MR) is 78.6 cm³/mol. The maximum atomic E-state index is 2.42. The van der Waals surface area contributed by atoms with Crippen LogP contribution >= 0.6 is 0 Å². The van der Waals surface area contributed by atoms with Gasteiger partial charge in [-0.25, -0.2) is 4.57 Å². The molecule has 0 saturated heterocycles. The van der Waals surface area contributed by atoms with Crippen molar-refractivity contribution in [2.24, 2.45) is 0 Å². The van der Waals surface area contributed by atoms with Crippen LogP contribution in [0.3, 0.4) is 0 Å². The van der Waals surface area contributed by atoms with E-state index in [4.69, 9.17) is 0 Å². The van der Waals surface area contributed by atoms with E-state index in [0.29, 0.717) is 0 Å². The average molecular weight is 284 g/mol. The number of unbranched alkanes of at least 4 members (excludes halogenated alkanes) is 5. The van der Waals surface area contributed by atoms with Crippen LogP contribution in [0, 0.1) is 0 Å². The molecule has 1 heterocycles. The molecule has 1 rings (SSSR count). The second kappa shape index (κ2) is 12.5. The van der Waals surface area contributed by atoms with Crippen LogP contribution in [0.2, 0.25) is 0 Å². The lowest BCUT2D eigenvalue weighted by molar-refractivity contribution is -0.724. The minimum atomic E-state index is 0. The van der Waals surface area contributed by atoms with Gasteiger partial charge < -0.3 is 12.4 Å². The highest BCUT2D eigenvalue weighted by molar-refractivity contribution is 4.84. The van der Waals surface area contributed by atoms with Gasteiger partial charge in [0.05, 0.1) is 0 Å². The minimum Gasteiger partial charge on any atom is -1.00 e. The fraction of sp³-hybridized carbons (Fsp3) is 0.706. The molecule has 1 aromatic rings. The summed E-state index contributed by atoms with van der Waals surface area (Å²) in [5.74, 6) is 0. The van der Waals surface area contributed by atoms with Gasteiger partial charge in [0.15, 0.2) is 18.4 Å². The topological polar surface area (TPSA) is 3.88 Å². The molecule has 1 atom stereocenters. The molecule has 0 N–H and O–H groups in total. The van der Waals surface area contributed by atoms with E-state index in [1.165, 1.54) is 57.8 Å². The van der Waals surface area contributed by atoms with Crippen molar-refractivity contribution < 1.29 is 17.0 Å². The molecule has 0 bridgehead atoms. The molecule has 1 unspecified atom stereocenters. The smallest absolute Gasteiger partial charge is 0.169 e. The van der Waals surface area contributed by atoms with Crippen molar-refractivity contribution in [3.63, 3.8) is 0 Å². The molecule has 0 aliphatic rings. The van der Waals surface area contributed by atoms with Crippen molar-refractivity contribution >= 4 is 0 Å². The molecule has 0 amide bonds. The molecule has 0 spiro atoms. The van der Waals surface area contributed by atoms with Gasteiger partial charge in [-0.15, -0.1) is 0 Å². The SMILES string of the molecule is CCCCCCC(CCCCC)[n+]1ccccc1.[Cl-]. The molecule has 0 aliphatic carbocycles. The number of hydrogen-bond donors (Lipinski definition) is 0. The monoisotopic (exact) mass is 283 g/mol. The van der Waals surface area contributed by atoms with Gasteiger partial charge in [0.1, 0.15) is 0 Å². The molecule has 0 saturated carbocycles. The number of nitrogens with zero attached hydrogens (tertiary/aromatic N) is 1. The van der Waals surface area contributed by atoms with E-state index in [0.717, 1.165) is 6.04 Å². The van der Waals surface area contributed by atoms with Crippen molar-refractivity contribution in [3.05, 3.63) is 30.6 Å². The van der Waals surface area contributed by atoms with Gasteiger partial charge in [0, 0.05) is 25.0 Å². The molecule has 110 valence electrons. The maximum Gasteiger partial charge on any atom is 0.169 e. The van der Waals surface area contributed by atoms with Crippen LogP contribution in [0.1, 0.15) is 77.7 Å². The molecule has 0 aromatic carbocycles. The Morgan fingerprint density at radius 3 is 1.84 bits per heavy atom. The van der Waals surface area contributed by atoms with E-state index in [9.17, 15) is 0 Å². The van der Waals surface area contributed by atoms with Gasteiger partial charge in [0.25, 0.3) is 0 Å². The van der Waals surface area contributed by atoms with Crippen LogP contribution in [-0.4, -0.2) is 0 Å². The van der Waals surface area contributed by atoms with Crippen molar-refractivity contribution in [1.29, 1.82) is 0 Å². The summed E-state index contributed by atoms with van der Waals surface area (Å²) in [6.45, 7) is 4.57. The highest BCUT2D eigenvalue weighted by Gasteiger charge is 2.16. The fourth-order valence-electron chi connectivity index (χ4n) is 2.53. The summed E-state index contributed by atoms with van der Waals surface area (Å²) in [5, 5.41) is 0. The third-order valence-electron chi connectivity index (χ3n) is 3.69. The summed E-state index contributed by atoms with van der Waals surface area (Å²) in [6, 6.07) is 7.13. The van der Waals surface area contributed by atoms with Gasteiger partial charge >= 0.3 is 0 Å². The Balaban J connectivity index is 0.00000324. The molecular weight excluding hydrogens is 254 g/mol. The highest BCUT2D eigenvalue weighted by Crippen LogP contribution is 2.17. The molecule has 1 aromatic heterocycles. The Hall–Kier alpha value is -0.560. The van der Waals surface area contributed by atoms with E-state index >= 15 is 0 Å². The molecule has 19 heavy (non-hydrogen) atoms. The molecule has 2 heteroatoms. The first-order valence-electron chi connectivity index (χ1n) is 7.84. The third kappa shape index (κ3) is 8.26. The second-order valence-corrected chi connectivity index (χ2v) is 5.32. The molecular formula is C17H30ClN. The quantitative estimate of drug-likeness (QED) is 0.457. The number of pyridine rings is 1. The van der Waals surface area contributed by atoms with Crippen molar-refractivity contribution in [2.45, 2.75) is 77.7 Å². The van der Waals surface area contributed by atoms with E-state index < -0.39 is 0 Å². The second-order valence-electron chi connectivity index (χ2n) is 5.32. The average Bonchev–Trinajstić information content (AvgIpc) is 2.42. The Morgan fingerprint density at radius 1 is 0.737 bits per heavy atom. The van der Waals surface area contributed by atoms with E-state index in [1.54, 1.807) is 0 Å². The van der Waals surface area contributed by atoms with Crippen LogP contribution in [-0.2, 0) is 0 Å². The first kappa shape index (κ1) is 18.4. The normalized spacial score (nSPS) is 11.9. The molecule has 0 fully saturated rings. The zero-order valence-corrected chi connectivity index (χ0v) is 13.4. The first-order chi connectivity index (χ1) is 8.88. The number of hydrogen-bond acceptors (Lipinski definition) is 0. The van der Waals surface area contributed by atoms with Crippen LogP contribution in [0.15, 0.2) is 30.6 Å². The van der Waals surface area contributed by atoms with Crippen LogP contribution in [0.4, 0.5) is 0 Å². The Kier molecular flexibility index (Phi) is 12.1. The van der Waals surface area contributed by atoms with E-state index in [1.807, 2.05) is 0 Å². The largest absolute Gasteiger partial charge is 1.00 e. The van der Waals surface area contributed by atoms with E-state index in [-0.39, 0.29) is 12.4 Å². The summed E-state index contributed by atoms with van der Waals surface area (Å²) in [6.07, 6.45) is 16.7. The predicted octanol–water partition coefficient (Wildman–Crippen LogP) is 2.07. The Bertz CT molecular complexity index is 287. The fourth-order valence-corrected chi connectivity index (χ4v) is 2.53. The van der Waals surface area contributed by atoms with Gasteiger partial charge in [-0.3, -0.25) is 0 Å². The van der Waals surface area contributed by atoms with Gasteiger partial charge in [-0.1, -0.05) is 52.0 Å². The summed E-state index contributed by atoms with van der Waals surface area (Å²) in [7, 11) is 0. The van der Waals surface area contributed by atoms with Crippen LogP contribution < -0.4 is 17.0 Å². The molecule has 0 radical (unpaired) electrons. The maximum absolute atomic E-state index is 2.42. The highest BCUT2D eigenvalue weighted by atomic mass is 35.5. The molecule has 0 aliphatic heterocycles. The lowest BCUT2D eigenvalue weighted by atomic mass is 10.0. The van der Waals surface area contributed by atoms with E-state index in [2.05, 4.69) is 49.0 Å². The number of halogens is 1. The van der Waals surface area contributed by atoms with Gasteiger partial charge in [-0.05, 0) is 12.8 Å². The molecule has 1 nitrogen and oxygen atoms in total. The number of rotatable bonds is 10. The summed E-state index contributed by atoms with van der Waals surface area (Å²) in [4.78, 5) is 0. The minimum absolute atomic E-state index is 0. The lowest BCUT2D eigenvalue weighted by Crippen LogP contribution is -3.00. The Labute approximate surface area is 125 Å². The van der Waals surface area contributed by atoms with Crippen LogP contribution in [0.25, 0.3) is 0 Å². The first-order valence-corrected chi connectivity index (χ1v) is 7.84. The van der Waals surface area contributed by atoms with Crippen molar-refractivity contribution in [1.82, 2.24) is 0 Å². The third-order valence-corrected chi connectivity index (χ3v) is 3.69. The zero-order chi connectivity index (χ0) is 13.1. The lowest BCUT2D eigenvalue weighted by Gasteiger charge is -2.12. The number of aromatic nitrogens is 1.